The van der Waals surface area contributed by atoms with Gasteiger partial charge in [-0.15, -0.1) is 11.3 Å². The summed E-state index contributed by atoms with van der Waals surface area (Å²) >= 11 is 1.57. The zero-order chi connectivity index (χ0) is 17.2. The molecule has 2 aromatic heterocycles. The molecule has 1 unspecified atom stereocenters. The molecular weight excluding hydrogens is 335 g/mol. The molecule has 1 aliphatic rings. The molecule has 0 aliphatic carbocycles. The van der Waals surface area contributed by atoms with Crippen LogP contribution in [0.4, 0.5) is 4.39 Å². The maximum atomic E-state index is 14.2. The van der Waals surface area contributed by atoms with E-state index in [0.717, 1.165) is 42.4 Å². The van der Waals surface area contributed by atoms with Crippen LogP contribution in [-0.4, -0.2) is 34.1 Å². The van der Waals surface area contributed by atoms with E-state index in [-0.39, 0.29) is 11.9 Å². The molecule has 4 nitrogen and oxygen atoms in total. The first-order valence-electron chi connectivity index (χ1n) is 8.46. The number of rotatable bonds is 4. The summed E-state index contributed by atoms with van der Waals surface area (Å²) in [7, 11) is 2.03. The van der Waals surface area contributed by atoms with E-state index >= 15 is 0 Å². The maximum absolute atomic E-state index is 14.2. The Morgan fingerprint density at radius 3 is 3.04 bits per heavy atom. The second-order valence-electron chi connectivity index (χ2n) is 6.38. The van der Waals surface area contributed by atoms with Gasteiger partial charge in [0.1, 0.15) is 11.6 Å². The summed E-state index contributed by atoms with van der Waals surface area (Å²) in [6.45, 7) is 3.57. The number of hydrogen-bond acceptors (Lipinski definition) is 4. The largest absolute Gasteiger partial charge is 0.337 e. The zero-order valence-corrected chi connectivity index (χ0v) is 15.0. The third kappa shape index (κ3) is 3.38. The molecular formula is C19H21FN4S. The van der Waals surface area contributed by atoms with Gasteiger partial charge in [0, 0.05) is 56.1 Å². The van der Waals surface area contributed by atoms with Gasteiger partial charge in [-0.2, -0.15) is 0 Å². The van der Waals surface area contributed by atoms with Gasteiger partial charge in [-0.25, -0.2) is 9.37 Å². The van der Waals surface area contributed by atoms with Crippen molar-refractivity contribution in [1.82, 2.24) is 19.8 Å². The Hall–Kier alpha value is -2.02. The van der Waals surface area contributed by atoms with Crippen molar-refractivity contribution < 1.29 is 4.39 Å². The van der Waals surface area contributed by atoms with Crippen LogP contribution in [0.1, 0.15) is 17.4 Å². The maximum Gasteiger partial charge on any atom is 0.131 e. The molecule has 1 atom stereocenters. The highest BCUT2D eigenvalue weighted by Gasteiger charge is 2.26. The lowest BCUT2D eigenvalue weighted by Gasteiger charge is -2.35. The minimum atomic E-state index is -0.160. The molecule has 6 heteroatoms. The van der Waals surface area contributed by atoms with Gasteiger partial charge in [-0.1, -0.05) is 12.1 Å². The lowest BCUT2D eigenvalue weighted by Crippen LogP contribution is -2.46. The predicted octanol–water partition coefficient (Wildman–Crippen LogP) is 3.43. The number of nitrogens with one attached hydrogen (secondary N) is 1. The molecule has 0 amide bonds. The second-order valence-corrected chi connectivity index (χ2v) is 7.33. The minimum absolute atomic E-state index is 0.160. The first kappa shape index (κ1) is 16.4. The highest BCUT2D eigenvalue weighted by Crippen LogP contribution is 2.29. The van der Waals surface area contributed by atoms with E-state index in [1.807, 2.05) is 49.1 Å². The number of benzene rings is 1. The fraction of sp³-hybridized carbons (Fsp3) is 0.316. The molecule has 1 saturated heterocycles. The van der Waals surface area contributed by atoms with Crippen LogP contribution in [0.5, 0.6) is 0 Å². The number of thiophene rings is 1. The van der Waals surface area contributed by atoms with Gasteiger partial charge in [0.25, 0.3) is 0 Å². The molecule has 130 valence electrons. The minimum Gasteiger partial charge on any atom is -0.337 e. The Bertz CT molecular complexity index is 843. The quantitative estimate of drug-likeness (QED) is 0.777. The molecule has 1 N–H and O–H groups in total. The lowest BCUT2D eigenvalue weighted by atomic mass is 10.1. The zero-order valence-electron chi connectivity index (χ0n) is 14.2. The van der Waals surface area contributed by atoms with Gasteiger partial charge in [-0.3, -0.25) is 4.90 Å². The average molecular weight is 356 g/mol. The summed E-state index contributed by atoms with van der Waals surface area (Å²) < 4.78 is 16.3. The van der Waals surface area contributed by atoms with Crippen LogP contribution >= 0.6 is 11.3 Å². The Labute approximate surface area is 150 Å². The molecule has 4 rings (SSSR count). The third-order valence-corrected chi connectivity index (χ3v) is 5.62. The van der Waals surface area contributed by atoms with Crippen molar-refractivity contribution >= 4 is 11.3 Å². The summed E-state index contributed by atoms with van der Waals surface area (Å²) in [5, 5.41) is 5.44. The highest BCUT2D eigenvalue weighted by molar-refractivity contribution is 7.13. The fourth-order valence-electron chi connectivity index (χ4n) is 3.41. The van der Waals surface area contributed by atoms with Crippen molar-refractivity contribution in [3.63, 3.8) is 0 Å². The average Bonchev–Trinajstić information content (AvgIpc) is 3.29. The molecule has 0 saturated carbocycles. The summed E-state index contributed by atoms with van der Waals surface area (Å²) in [4.78, 5) is 7.92. The first-order chi connectivity index (χ1) is 12.2. The monoisotopic (exact) mass is 356 g/mol. The van der Waals surface area contributed by atoms with E-state index in [1.165, 1.54) is 0 Å². The van der Waals surface area contributed by atoms with Gasteiger partial charge >= 0.3 is 0 Å². The number of halogens is 1. The summed E-state index contributed by atoms with van der Waals surface area (Å²) in [6, 6.07) is 9.61. The molecule has 3 aromatic rings. The van der Waals surface area contributed by atoms with E-state index in [1.54, 1.807) is 17.4 Å². The molecule has 3 heterocycles. The summed E-state index contributed by atoms with van der Waals surface area (Å²) in [5.41, 5.74) is 1.82. The van der Waals surface area contributed by atoms with Gasteiger partial charge in [0.2, 0.25) is 0 Å². The predicted molar refractivity (Wildman–Crippen MR) is 98.9 cm³/mol. The number of aryl methyl sites for hydroxylation is 1. The van der Waals surface area contributed by atoms with E-state index in [2.05, 4.69) is 19.8 Å². The second kappa shape index (κ2) is 7.07. The molecule has 1 aromatic carbocycles. The Kier molecular flexibility index (Phi) is 4.65. The van der Waals surface area contributed by atoms with Crippen molar-refractivity contribution in [3.8, 4) is 10.4 Å². The molecule has 25 heavy (non-hydrogen) atoms. The third-order valence-electron chi connectivity index (χ3n) is 4.71. The summed E-state index contributed by atoms with van der Waals surface area (Å²) in [5.74, 6) is 0.903. The number of hydrogen-bond donors (Lipinski definition) is 1. The van der Waals surface area contributed by atoms with Crippen LogP contribution < -0.4 is 5.32 Å². The van der Waals surface area contributed by atoms with E-state index in [9.17, 15) is 4.39 Å². The molecule has 0 spiro atoms. The van der Waals surface area contributed by atoms with Crippen LogP contribution in [0, 0.1) is 5.82 Å². The van der Waals surface area contributed by atoms with Crippen LogP contribution in [-0.2, 0) is 13.6 Å². The number of nitrogens with zero attached hydrogens (tertiary/aromatic N) is 3. The molecule has 1 fully saturated rings. The normalized spacial score (nSPS) is 18.6. The van der Waals surface area contributed by atoms with E-state index < -0.39 is 0 Å². The number of imidazole rings is 1. The number of aromatic nitrogens is 2. The van der Waals surface area contributed by atoms with Crippen LogP contribution in [0.15, 0.2) is 48.1 Å². The fourth-order valence-corrected chi connectivity index (χ4v) is 4.16. The van der Waals surface area contributed by atoms with Crippen LogP contribution in [0.25, 0.3) is 10.4 Å². The van der Waals surface area contributed by atoms with Gasteiger partial charge < -0.3 is 9.88 Å². The van der Waals surface area contributed by atoms with Crippen molar-refractivity contribution in [3.05, 3.63) is 65.3 Å². The smallest absolute Gasteiger partial charge is 0.131 e. The van der Waals surface area contributed by atoms with Gasteiger partial charge in [-0.05, 0) is 29.1 Å². The Morgan fingerprint density at radius 2 is 2.28 bits per heavy atom. The Balaban J connectivity index is 1.60. The van der Waals surface area contributed by atoms with Crippen LogP contribution in [0.3, 0.4) is 0 Å². The SMILES string of the molecule is Cn1ccnc1C1CNCCN1Cc1ccc(F)c(-c2cccs2)c1. The van der Waals surface area contributed by atoms with Crippen molar-refractivity contribution in [2.24, 2.45) is 7.05 Å². The standard InChI is InChI=1S/C19H21FN4S/c1-23-8-7-22-19(23)17-12-21-6-9-24(17)13-14-4-5-16(20)15(11-14)18-3-2-10-25-18/h2-5,7-8,10-11,17,21H,6,9,12-13H2,1H3. The topological polar surface area (TPSA) is 33.1 Å². The number of piperazine rings is 1. The molecule has 0 bridgehead atoms. The van der Waals surface area contributed by atoms with Crippen molar-refractivity contribution in [2.45, 2.75) is 12.6 Å². The van der Waals surface area contributed by atoms with Crippen molar-refractivity contribution in [2.75, 3.05) is 19.6 Å². The Morgan fingerprint density at radius 1 is 1.36 bits per heavy atom. The molecule has 1 aliphatic heterocycles. The van der Waals surface area contributed by atoms with Crippen molar-refractivity contribution in [1.29, 1.82) is 0 Å². The van der Waals surface area contributed by atoms with E-state index in [0.29, 0.717) is 5.56 Å². The van der Waals surface area contributed by atoms with Crippen LogP contribution in [0.2, 0.25) is 0 Å². The summed E-state index contributed by atoms with van der Waals surface area (Å²) in [6.07, 6.45) is 3.82. The van der Waals surface area contributed by atoms with Gasteiger partial charge in [0.05, 0.1) is 6.04 Å². The lowest BCUT2D eigenvalue weighted by molar-refractivity contribution is 0.144. The van der Waals surface area contributed by atoms with Gasteiger partial charge in [0.15, 0.2) is 0 Å². The molecule has 0 radical (unpaired) electrons. The van der Waals surface area contributed by atoms with E-state index in [4.69, 9.17) is 0 Å². The highest BCUT2D eigenvalue weighted by atomic mass is 32.1. The first-order valence-corrected chi connectivity index (χ1v) is 9.34.